The lowest BCUT2D eigenvalue weighted by atomic mass is 9.99. The van der Waals surface area contributed by atoms with E-state index in [0.29, 0.717) is 25.6 Å². The molecule has 0 bridgehead atoms. The molecule has 1 heterocycles. The zero-order chi connectivity index (χ0) is 15.5. The number of methoxy groups -OCH3 is 1. The molecule has 0 aliphatic carbocycles. The lowest BCUT2D eigenvalue weighted by Crippen LogP contribution is -2.40. The summed E-state index contributed by atoms with van der Waals surface area (Å²) in [7, 11) is -1.86. The van der Waals surface area contributed by atoms with E-state index in [-0.39, 0.29) is 16.3 Å². The predicted molar refractivity (Wildman–Crippen MR) is 80.2 cm³/mol. The Hall–Kier alpha value is -0.690. The van der Waals surface area contributed by atoms with Gasteiger partial charge in [-0.05, 0) is 30.9 Å². The lowest BCUT2D eigenvalue weighted by Gasteiger charge is -2.30. The van der Waals surface area contributed by atoms with Crippen molar-refractivity contribution < 1.29 is 17.5 Å². The Labute approximate surface area is 129 Å². The Morgan fingerprint density at radius 2 is 2.05 bits per heavy atom. The highest BCUT2D eigenvalue weighted by atomic mass is 35.5. The van der Waals surface area contributed by atoms with Gasteiger partial charge in [0.25, 0.3) is 0 Å². The van der Waals surface area contributed by atoms with E-state index in [9.17, 15) is 12.8 Å². The molecule has 1 aromatic carbocycles. The number of benzene rings is 1. The number of piperidine rings is 1. The van der Waals surface area contributed by atoms with Crippen molar-refractivity contribution in [2.75, 3.05) is 26.8 Å². The molecule has 21 heavy (non-hydrogen) atoms. The molecule has 0 saturated carbocycles. The van der Waals surface area contributed by atoms with E-state index in [0.717, 1.165) is 18.9 Å². The second-order valence-corrected chi connectivity index (χ2v) is 7.70. The Morgan fingerprint density at radius 1 is 1.38 bits per heavy atom. The van der Waals surface area contributed by atoms with Crippen molar-refractivity contribution in [1.29, 1.82) is 0 Å². The average molecular weight is 336 g/mol. The summed E-state index contributed by atoms with van der Waals surface area (Å²) in [5, 5.41) is 0.258. The van der Waals surface area contributed by atoms with Gasteiger partial charge < -0.3 is 4.74 Å². The van der Waals surface area contributed by atoms with Crippen molar-refractivity contribution in [3.63, 3.8) is 0 Å². The first kappa shape index (κ1) is 16.7. The van der Waals surface area contributed by atoms with Gasteiger partial charge in [-0.25, -0.2) is 17.1 Å². The summed E-state index contributed by atoms with van der Waals surface area (Å²) >= 11 is 5.67. The van der Waals surface area contributed by atoms with E-state index in [1.807, 2.05) is 0 Å². The van der Waals surface area contributed by atoms with Crippen LogP contribution in [0.3, 0.4) is 0 Å². The van der Waals surface area contributed by atoms with Crippen LogP contribution < -0.4 is 0 Å². The Morgan fingerprint density at radius 3 is 2.62 bits per heavy atom. The molecular formula is C14H19ClFNO3S. The first-order valence-electron chi connectivity index (χ1n) is 6.83. The normalized spacial score (nSPS) is 18.0. The molecule has 0 spiro atoms. The molecule has 1 fully saturated rings. The number of nitrogens with zero attached hydrogens (tertiary/aromatic N) is 1. The number of rotatable bonds is 5. The summed E-state index contributed by atoms with van der Waals surface area (Å²) < 4.78 is 45.0. The maximum Gasteiger partial charge on any atom is 0.218 e. The highest BCUT2D eigenvalue weighted by Gasteiger charge is 2.28. The van der Waals surface area contributed by atoms with Crippen molar-refractivity contribution in [3.8, 4) is 0 Å². The van der Waals surface area contributed by atoms with Crippen LogP contribution in [0.5, 0.6) is 0 Å². The van der Waals surface area contributed by atoms with Gasteiger partial charge in [-0.1, -0.05) is 17.7 Å². The van der Waals surface area contributed by atoms with Crippen LogP contribution in [0.1, 0.15) is 18.4 Å². The third-order valence-electron chi connectivity index (χ3n) is 3.72. The standard InChI is InChI=1S/C14H19ClFNO3S/c1-20-9-11-4-6-17(7-5-11)21(18,19)10-12-2-3-13(15)8-14(12)16/h2-3,8,11H,4-7,9-10H2,1H3. The van der Waals surface area contributed by atoms with Gasteiger partial charge in [-0.2, -0.15) is 0 Å². The zero-order valence-electron chi connectivity index (χ0n) is 11.9. The van der Waals surface area contributed by atoms with E-state index < -0.39 is 15.8 Å². The lowest BCUT2D eigenvalue weighted by molar-refractivity contribution is 0.121. The summed E-state index contributed by atoms with van der Waals surface area (Å²) in [6.07, 6.45) is 1.55. The molecule has 0 amide bonds. The Kier molecular flexibility index (Phi) is 5.60. The minimum Gasteiger partial charge on any atom is -0.384 e. The van der Waals surface area contributed by atoms with E-state index in [1.54, 1.807) is 7.11 Å². The molecule has 1 saturated heterocycles. The van der Waals surface area contributed by atoms with E-state index in [4.69, 9.17) is 16.3 Å². The maximum absolute atomic E-state index is 13.7. The van der Waals surface area contributed by atoms with Gasteiger partial charge in [0.2, 0.25) is 10.0 Å². The second kappa shape index (κ2) is 7.05. The molecule has 1 aliphatic heterocycles. The summed E-state index contributed by atoms with van der Waals surface area (Å²) in [5.41, 5.74) is 0.151. The number of halogens is 2. The van der Waals surface area contributed by atoms with Crippen LogP contribution in [-0.4, -0.2) is 39.5 Å². The van der Waals surface area contributed by atoms with Crippen LogP contribution in [0.2, 0.25) is 5.02 Å². The van der Waals surface area contributed by atoms with Crippen LogP contribution in [0.15, 0.2) is 18.2 Å². The van der Waals surface area contributed by atoms with Crippen molar-refractivity contribution >= 4 is 21.6 Å². The fourth-order valence-electron chi connectivity index (χ4n) is 2.52. The summed E-state index contributed by atoms with van der Waals surface area (Å²) in [5.74, 6) is -0.514. The average Bonchev–Trinajstić information content (AvgIpc) is 2.43. The van der Waals surface area contributed by atoms with Crippen molar-refractivity contribution in [1.82, 2.24) is 4.31 Å². The van der Waals surface area contributed by atoms with E-state index in [2.05, 4.69) is 0 Å². The van der Waals surface area contributed by atoms with Gasteiger partial charge in [0.1, 0.15) is 5.82 Å². The zero-order valence-corrected chi connectivity index (χ0v) is 13.5. The molecule has 0 N–H and O–H groups in total. The van der Waals surface area contributed by atoms with Gasteiger partial charge in [0.05, 0.1) is 5.75 Å². The van der Waals surface area contributed by atoms with Crippen molar-refractivity contribution in [3.05, 3.63) is 34.6 Å². The van der Waals surface area contributed by atoms with Gasteiger partial charge in [0.15, 0.2) is 0 Å². The molecule has 2 rings (SSSR count). The van der Waals surface area contributed by atoms with E-state index in [1.165, 1.54) is 16.4 Å². The summed E-state index contributed by atoms with van der Waals surface area (Å²) in [6, 6.07) is 4.06. The first-order valence-corrected chi connectivity index (χ1v) is 8.82. The predicted octanol–water partition coefficient (Wildman–Crippen LogP) is 2.67. The fourth-order valence-corrected chi connectivity index (χ4v) is 4.25. The van der Waals surface area contributed by atoms with Crippen LogP contribution >= 0.6 is 11.6 Å². The minimum absolute atomic E-state index is 0.151. The molecule has 0 unspecified atom stereocenters. The molecule has 1 aliphatic rings. The summed E-state index contributed by atoms with van der Waals surface area (Å²) in [6.45, 7) is 1.58. The SMILES string of the molecule is COCC1CCN(S(=O)(=O)Cc2ccc(Cl)cc2F)CC1. The second-order valence-electron chi connectivity index (χ2n) is 5.29. The molecule has 0 aromatic heterocycles. The van der Waals surface area contributed by atoms with Gasteiger partial charge in [-0.15, -0.1) is 0 Å². The monoisotopic (exact) mass is 335 g/mol. The quantitative estimate of drug-likeness (QED) is 0.831. The molecule has 1 aromatic rings. The largest absolute Gasteiger partial charge is 0.384 e. The molecule has 0 atom stereocenters. The summed E-state index contributed by atoms with van der Waals surface area (Å²) in [4.78, 5) is 0. The highest BCUT2D eigenvalue weighted by molar-refractivity contribution is 7.88. The number of hydrogen-bond acceptors (Lipinski definition) is 3. The topological polar surface area (TPSA) is 46.6 Å². The minimum atomic E-state index is -3.50. The van der Waals surface area contributed by atoms with Gasteiger partial charge in [-0.3, -0.25) is 0 Å². The number of sulfonamides is 1. The first-order chi connectivity index (χ1) is 9.92. The van der Waals surface area contributed by atoms with Gasteiger partial charge in [0, 0.05) is 37.4 Å². The smallest absolute Gasteiger partial charge is 0.218 e. The number of ether oxygens (including phenoxy) is 1. The third-order valence-corrected chi connectivity index (χ3v) is 5.79. The van der Waals surface area contributed by atoms with Crippen molar-refractivity contribution in [2.45, 2.75) is 18.6 Å². The molecule has 118 valence electrons. The van der Waals surface area contributed by atoms with Crippen LogP contribution in [0.25, 0.3) is 0 Å². The molecule has 0 radical (unpaired) electrons. The molecular weight excluding hydrogens is 317 g/mol. The van der Waals surface area contributed by atoms with Gasteiger partial charge >= 0.3 is 0 Å². The molecule has 4 nitrogen and oxygen atoms in total. The Bertz CT molecular complexity index is 586. The molecule has 7 heteroatoms. The van der Waals surface area contributed by atoms with Crippen LogP contribution in [0, 0.1) is 11.7 Å². The maximum atomic E-state index is 13.7. The van der Waals surface area contributed by atoms with Crippen molar-refractivity contribution in [2.24, 2.45) is 5.92 Å². The Balaban J connectivity index is 2.02. The van der Waals surface area contributed by atoms with Crippen LogP contribution in [-0.2, 0) is 20.5 Å². The fraction of sp³-hybridized carbons (Fsp3) is 0.571. The third kappa shape index (κ3) is 4.39. The number of hydrogen-bond donors (Lipinski definition) is 0. The van der Waals surface area contributed by atoms with E-state index >= 15 is 0 Å². The van der Waals surface area contributed by atoms with Crippen LogP contribution in [0.4, 0.5) is 4.39 Å². The highest BCUT2D eigenvalue weighted by Crippen LogP contribution is 2.23.